The number of likely N-dealkylation sites (tertiary alicyclic amines) is 1. The first kappa shape index (κ1) is 23.1. The van der Waals surface area contributed by atoms with E-state index in [0.717, 1.165) is 43.0 Å². The third-order valence-corrected chi connectivity index (χ3v) is 7.43. The lowest BCUT2D eigenvalue weighted by molar-refractivity contribution is -0.119. The van der Waals surface area contributed by atoms with Gasteiger partial charge >= 0.3 is 0 Å². The van der Waals surface area contributed by atoms with Crippen LogP contribution in [-0.4, -0.2) is 44.4 Å². The molecule has 1 saturated heterocycles. The van der Waals surface area contributed by atoms with Crippen LogP contribution >= 0.6 is 11.8 Å². The van der Waals surface area contributed by atoms with Crippen molar-refractivity contribution in [2.24, 2.45) is 5.92 Å². The second-order valence-corrected chi connectivity index (χ2v) is 10.1. The van der Waals surface area contributed by atoms with E-state index in [9.17, 15) is 9.18 Å². The number of aromatic nitrogens is 3. The summed E-state index contributed by atoms with van der Waals surface area (Å²) in [4.78, 5) is 15.3. The zero-order valence-corrected chi connectivity index (χ0v) is 20.0. The van der Waals surface area contributed by atoms with Gasteiger partial charge in [0.1, 0.15) is 5.82 Å². The van der Waals surface area contributed by atoms with Gasteiger partial charge in [0.25, 0.3) is 0 Å². The van der Waals surface area contributed by atoms with Gasteiger partial charge in [0.2, 0.25) is 5.91 Å². The predicted octanol–water partition coefficient (Wildman–Crippen LogP) is 4.75. The minimum Gasteiger partial charge on any atom is -0.348 e. The first-order chi connectivity index (χ1) is 16.7. The maximum Gasteiger partial charge on any atom is 0.230 e. The Kier molecular flexibility index (Phi) is 7.25. The van der Waals surface area contributed by atoms with Crippen LogP contribution in [0.4, 0.5) is 4.39 Å². The highest BCUT2D eigenvalue weighted by molar-refractivity contribution is 7.99. The maximum atomic E-state index is 13.6. The summed E-state index contributed by atoms with van der Waals surface area (Å²) in [7, 11) is 0. The fourth-order valence-corrected chi connectivity index (χ4v) is 5.35. The standard InChI is InChI=1S/C26H30FN5OS/c27-21-11-13-22(14-12-21)32-23(17-31-15-5-2-6-16-31)29-30-26(32)34-18-24(33)28-25(20-9-10-20)19-7-3-1-4-8-19/h1,3-4,7-8,11-14,20,25H,2,5-6,9-10,15-18H2,(H,28,33). The monoisotopic (exact) mass is 479 g/mol. The van der Waals surface area contributed by atoms with Gasteiger partial charge in [-0.15, -0.1) is 10.2 Å². The van der Waals surface area contributed by atoms with Gasteiger partial charge in [-0.1, -0.05) is 48.5 Å². The van der Waals surface area contributed by atoms with Crippen LogP contribution in [0.5, 0.6) is 0 Å². The number of amides is 1. The Labute approximate surface area is 203 Å². The smallest absolute Gasteiger partial charge is 0.230 e. The van der Waals surface area contributed by atoms with Crippen LogP contribution < -0.4 is 5.32 Å². The van der Waals surface area contributed by atoms with Crippen LogP contribution in [0.2, 0.25) is 0 Å². The molecule has 2 aliphatic rings. The lowest BCUT2D eigenvalue weighted by atomic mass is 10.0. The molecule has 2 fully saturated rings. The molecule has 0 radical (unpaired) electrons. The normalized spacial score (nSPS) is 17.4. The number of nitrogens with zero attached hydrogens (tertiary/aromatic N) is 4. The number of halogens is 1. The van der Waals surface area contributed by atoms with E-state index in [1.54, 1.807) is 12.1 Å². The summed E-state index contributed by atoms with van der Waals surface area (Å²) in [5.74, 6) is 1.28. The molecular formula is C26H30FN5OS. The van der Waals surface area contributed by atoms with E-state index in [0.29, 0.717) is 17.6 Å². The first-order valence-corrected chi connectivity index (χ1v) is 13.1. The fourth-order valence-electron chi connectivity index (χ4n) is 4.57. The lowest BCUT2D eigenvalue weighted by Gasteiger charge is -2.26. The van der Waals surface area contributed by atoms with E-state index in [4.69, 9.17) is 0 Å². The van der Waals surface area contributed by atoms with Gasteiger partial charge in [0.15, 0.2) is 11.0 Å². The Balaban J connectivity index is 1.30. The highest BCUT2D eigenvalue weighted by Gasteiger charge is 2.33. The average Bonchev–Trinajstić information content (AvgIpc) is 3.64. The molecular weight excluding hydrogens is 449 g/mol. The van der Waals surface area contributed by atoms with Crippen molar-refractivity contribution in [3.8, 4) is 5.69 Å². The molecule has 8 heteroatoms. The molecule has 1 amide bonds. The van der Waals surface area contributed by atoms with Crippen LogP contribution in [0.15, 0.2) is 59.8 Å². The third-order valence-electron chi connectivity index (χ3n) is 6.50. The molecule has 1 aliphatic heterocycles. The van der Waals surface area contributed by atoms with Crippen molar-refractivity contribution in [1.29, 1.82) is 0 Å². The summed E-state index contributed by atoms with van der Waals surface area (Å²) < 4.78 is 15.5. The number of benzene rings is 2. The van der Waals surface area contributed by atoms with E-state index >= 15 is 0 Å². The number of nitrogens with one attached hydrogen (secondary N) is 1. The molecule has 0 bridgehead atoms. The van der Waals surface area contributed by atoms with Gasteiger partial charge in [-0.25, -0.2) is 4.39 Å². The molecule has 1 aromatic heterocycles. The molecule has 2 aromatic carbocycles. The van der Waals surface area contributed by atoms with Crippen LogP contribution in [0.3, 0.4) is 0 Å². The Morgan fingerprint density at radius 2 is 1.76 bits per heavy atom. The molecule has 2 heterocycles. The van der Waals surface area contributed by atoms with Crippen LogP contribution in [0, 0.1) is 11.7 Å². The third kappa shape index (κ3) is 5.67. The van der Waals surface area contributed by atoms with Crippen LogP contribution in [0.25, 0.3) is 5.69 Å². The second kappa shape index (κ2) is 10.7. The zero-order chi connectivity index (χ0) is 23.3. The van der Waals surface area contributed by atoms with Crippen LogP contribution in [0.1, 0.15) is 49.5 Å². The zero-order valence-electron chi connectivity index (χ0n) is 19.2. The molecule has 1 N–H and O–H groups in total. The van der Waals surface area contributed by atoms with E-state index in [-0.39, 0.29) is 23.5 Å². The number of rotatable bonds is 9. The molecule has 34 heavy (non-hydrogen) atoms. The Bertz CT molecular complexity index is 1090. The van der Waals surface area contributed by atoms with Crippen molar-refractivity contribution in [3.63, 3.8) is 0 Å². The van der Waals surface area contributed by atoms with Gasteiger partial charge in [-0.05, 0) is 74.5 Å². The molecule has 1 aliphatic carbocycles. The summed E-state index contributed by atoms with van der Waals surface area (Å²) in [6, 6.07) is 16.6. The van der Waals surface area contributed by atoms with Crippen molar-refractivity contribution < 1.29 is 9.18 Å². The van der Waals surface area contributed by atoms with Gasteiger partial charge in [0, 0.05) is 5.69 Å². The summed E-state index contributed by atoms with van der Waals surface area (Å²) >= 11 is 1.37. The highest BCUT2D eigenvalue weighted by atomic mass is 32.2. The van der Waals surface area contributed by atoms with Crippen LogP contribution in [-0.2, 0) is 11.3 Å². The van der Waals surface area contributed by atoms with Crippen molar-refractivity contribution in [1.82, 2.24) is 25.0 Å². The second-order valence-electron chi connectivity index (χ2n) is 9.13. The Morgan fingerprint density at radius 3 is 2.47 bits per heavy atom. The number of piperidine rings is 1. The van der Waals surface area contributed by atoms with Crippen molar-refractivity contribution in [2.75, 3.05) is 18.8 Å². The van der Waals surface area contributed by atoms with Gasteiger partial charge in [-0.3, -0.25) is 14.3 Å². The number of thioether (sulfide) groups is 1. The van der Waals surface area contributed by atoms with Crippen molar-refractivity contribution in [3.05, 3.63) is 71.8 Å². The van der Waals surface area contributed by atoms with Gasteiger partial charge in [0.05, 0.1) is 18.3 Å². The fraction of sp³-hybridized carbons (Fsp3) is 0.423. The molecule has 5 rings (SSSR count). The Hall–Kier alpha value is -2.71. The lowest BCUT2D eigenvalue weighted by Crippen LogP contribution is -2.31. The van der Waals surface area contributed by atoms with E-state index < -0.39 is 0 Å². The van der Waals surface area contributed by atoms with E-state index in [1.807, 2.05) is 22.8 Å². The summed E-state index contributed by atoms with van der Waals surface area (Å²) in [6.45, 7) is 2.78. The molecule has 0 spiro atoms. The quantitative estimate of drug-likeness (QED) is 0.449. The number of hydrogen-bond donors (Lipinski definition) is 1. The van der Waals surface area contributed by atoms with Gasteiger partial charge in [-0.2, -0.15) is 0 Å². The molecule has 178 valence electrons. The highest BCUT2D eigenvalue weighted by Crippen LogP contribution is 2.41. The van der Waals surface area contributed by atoms with E-state index in [2.05, 4.69) is 32.5 Å². The topological polar surface area (TPSA) is 63.1 Å². The van der Waals surface area contributed by atoms with Crippen molar-refractivity contribution in [2.45, 2.75) is 49.8 Å². The largest absolute Gasteiger partial charge is 0.348 e. The summed E-state index contributed by atoms with van der Waals surface area (Å²) in [6.07, 6.45) is 5.94. The van der Waals surface area contributed by atoms with E-state index in [1.165, 1.54) is 43.2 Å². The SMILES string of the molecule is O=C(CSc1nnc(CN2CCCCC2)n1-c1ccc(F)cc1)NC(c1ccccc1)C1CC1. The minimum absolute atomic E-state index is 0.0167. The predicted molar refractivity (Wildman–Crippen MR) is 131 cm³/mol. The average molecular weight is 480 g/mol. The number of carbonyl (C=O) groups excluding carboxylic acids is 1. The van der Waals surface area contributed by atoms with Gasteiger partial charge < -0.3 is 5.32 Å². The molecule has 1 saturated carbocycles. The molecule has 1 atom stereocenters. The first-order valence-electron chi connectivity index (χ1n) is 12.1. The molecule has 1 unspecified atom stereocenters. The number of carbonyl (C=O) groups is 1. The van der Waals surface area contributed by atoms with Crippen molar-refractivity contribution >= 4 is 17.7 Å². The maximum absolute atomic E-state index is 13.6. The molecule has 6 nitrogen and oxygen atoms in total. The minimum atomic E-state index is -0.282. The Morgan fingerprint density at radius 1 is 1.03 bits per heavy atom. The number of hydrogen-bond acceptors (Lipinski definition) is 5. The molecule has 3 aromatic rings. The summed E-state index contributed by atoms with van der Waals surface area (Å²) in [5.41, 5.74) is 1.96. The summed E-state index contributed by atoms with van der Waals surface area (Å²) in [5, 5.41) is 12.8.